The summed E-state index contributed by atoms with van der Waals surface area (Å²) in [4.78, 5) is 14.7. The molecule has 6 heteroatoms. The first-order chi connectivity index (χ1) is 13.2. The van der Waals surface area contributed by atoms with E-state index in [1.54, 1.807) is 7.11 Å². The minimum atomic E-state index is -0.231. The van der Waals surface area contributed by atoms with E-state index in [-0.39, 0.29) is 12.1 Å². The third-order valence-corrected chi connectivity index (χ3v) is 4.80. The van der Waals surface area contributed by atoms with Crippen LogP contribution >= 0.6 is 0 Å². The van der Waals surface area contributed by atoms with Gasteiger partial charge in [0.2, 0.25) is 0 Å². The molecule has 0 saturated carbocycles. The highest BCUT2D eigenvalue weighted by Crippen LogP contribution is 2.24. The molecule has 0 aromatic heterocycles. The molecule has 2 amide bonds. The molecule has 1 aliphatic rings. The maximum absolute atomic E-state index is 12.4. The van der Waals surface area contributed by atoms with E-state index in [2.05, 4.69) is 46.8 Å². The first-order valence-electron chi connectivity index (χ1n) is 9.20. The maximum Gasteiger partial charge on any atom is 0.319 e. The lowest BCUT2D eigenvalue weighted by atomic mass is 9.94. The van der Waals surface area contributed by atoms with Crippen molar-refractivity contribution in [3.8, 4) is 5.75 Å². The third kappa shape index (κ3) is 5.21. The lowest BCUT2D eigenvalue weighted by molar-refractivity contribution is 0.146. The number of urea groups is 1. The average Bonchev–Trinajstić information content (AvgIpc) is 2.68. The number of nitrogens with one attached hydrogen (secondary N) is 2. The predicted molar refractivity (Wildman–Crippen MR) is 106 cm³/mol. The number of amides is 2. The van der Waals surface area contributed by atoms with Crippen LogP contribution in [0.15, 0.2) is 48.5 Å². The fourth-order valence-electron chi connectivity index (χ4n) is 3.25. The highest BCUT2D eigenvalue weighted by molar-refractivity contribution is 5.90. The highest BCUT2D eigenvalue weighted by atomic mass is 16.5. The van der Waals surface area contributed by atoms with Crippen molar-refractivity contribution in [1.82, 2.24) is 10.2 Å². The summed E-state index contributed by atoms with van der Waals surface area (Å²) in [6, 6.07) is 15.9. The van der Waals surface area contributed by atoms with Gasteiger partial charge in [-0.1, -0.05) is 36.4 Å². The van der Waals surface area contributed by atoms with Gasteiger partial charge >= 0.3 is 6.03 Å². The Morgan fingerprint density at radius 2 is 1.85 bits per heavy atom. The van der Waals surface area contributed by atoms with Gasteiger partial charge in [-0.05, 0) is 36.7 Å². The van der Waals surface area contributed by atoms with Gasteiger partial charge < -0.3 is 20.1 Å². The second kappa shape index (κ2) is 9.39. The van der Waals surface area contributed by atoms with E-state index in [0.29, 0.717) is 31.2 Å². The Morgan fingerprint density at radius 1 is 1.11 bits per heavy atom. The van der Waals surface area contributed by atoms with Gasteiger partial charge in [-0.3, -0.25) is 4.90 Å². The molecule has 27 heavy (non-hydrogen) atoms. The molecule has 0 saturated heterocycles. The molecular weight excluding hydrogens is 342 g/mol. The normalized spacial score (nSPS) is 16.4. The molecule has 1 heterocycles. The number of anilines is 1. The van der Waals surface area contributed by atoms with Crippen molar-refractivity contribution in [2.24, 2.45) is 0 Å². The number of ether oxygens (including phenoxy) is 2. The minimum Gasteiger partial charge on any atom is -0.489 e. The molecule has 0 aliphatic carbocycles. The lowest BCUT2D eigenvalue weighted by Crippen LogP contribution is -2.46. The van der Waals surface area contributed by atoms with Crippen LogP contribution in [0.2, 0.25) is 0 Å². The second-order valence-corrected chi connectivity index (χ2v) is 6.71. The summed E-state index contributed by atoms with van der Waals surface area (Å²) in [6.45, 7) is 2.42. The van der Waals surface area contributed by atoms with Crippen molar-refractivity contribution >= 4 is 11.7 Å². The number of benzene rings is 2. The van der Waals surface area contributed by atoms with Crippen LogP contribution in [-0.2, 0) is 17.7 Å². The molecule has 0 unspecified atom stereocenters. The molecule has 0 fully saturated rings. The zero-order valence-corrected chi connectivity index (χ0v) is 15.9. The molecule has 1 aliphatic heterocycles. The van der Waals surface area contributed by atoms with Gasteiger partial charge in [0.05, 0.1) is 12.3 Å². The largest absolute Gasteiger partial charge is 0.489 e. The number of nitrogens with zero attached hydrogens (tertiary/aromatic N) is 1. The van der Waals surface area contributed by atoms with Crippen molar-refractivity contribution in [1.29, 1.82) is 0 Å². The molecule has 2 aromatic rings. The van der Waals surface area contributed by atoms with Crippen LogP contribution in [-0.4, -0.2) is 50.9 Å². The SMILES string of the molecule is COCCOc1ccccc1NC(=O)NC[C@@H]1Cc2ccccc2CN1C. The Labute approximate surface area is 160 Å². The van der Waals surface area contributed by atoms with E-state index in [1.165, 1.54) is 11.1 Å². The maximum atomic E-state index is 12.4. The van der Waals surface area contributed by atoms with Crippen LogP contribution in [0.3, 0.4) is 0 Å². The van der Waals surface area contributed by atoms with Gasteiger partial charge in [0.15, 0.2) is 0 Å². The smallest absolute Gasteiger partial charge is 0.319 e. The van der Waals surface area contributed by atoms with Crippen LogP contribution in [0, 0.1) is 0 Å². The summed E-state index contributed by atoms with van der Waals surface area (Å²) in [5.74, 6) is 0.633. The Morgan fingerprint density at radius 3 is 2.67 bits per heavy atom. The minimum absolute atomic E-state index is 0.231. The molecular formula is C21H27N3O3. The molecule has 0 bridgehead atoms. The molecule has 2 aromatic carbocycles. The van der Waals surface area contributed by atoms with Crippen molar-refractivity contribution in [2.75, 3.05) is 39.2 Å². The molecule has 0 spiro atoms. The van der Waals surface area contributed by atoms with E-state index in [4.69, 9.17) is 9.47 Å². The van der Waals surface area contributed by atoms with Crippen LogP contribution in [0.1, 0.15) is 11.1 Å². The molecule has 3 rings (SSSR count). The molecule has 0 radical (unpaired) electrons. The number of hydrogen-bond acceptors (Lipinski definition) is 4. The number of carbonyl (C=O) groups is 1. The van der Waals surface area contributed by atoms with Crippen molar-refractivity contribution < 1.29 is 14.3 Å². The predicted octanol–water partition coefficient (Wildman–Crippen LogP) is 2.89. The van der Waals surface area contributed by atoms with Crippen molar-refractivity contribution in [3.05, 3.63) is 59.7 Å². The topological polar surface area (TPSA) is 62.8 Å². The Hall–Kier alpha value is -2.57. The van der Waals surface area contributed by atoms with Crippen LogP contribution in [0.25, 0.3) is 0 Å². The van der Waals surface area contributed by atoms with E-state index in [1.807, 2.05) is 24.3 Å². The fourth-order valence-corrected chi connectivity index (χ4v) is 3.25. The fraction of sp³-hybridized carbons (Fsp3) is 0.381. The summed E-state index contributed by atoms with van der Waals surface area (Å²) >= 11 is 0. The first-order valence-corrected chi connectivity index (χ1v) is 9.20. The number of carbonyl (C=O) groups excluding carboxylic acids is 1. The van der Waals surface area contributed by atoms with Crippen LogP contribution < -0.4 is 15.4 Å². The van der Waals surface area contributed by atoms with Crippen molar-refractivity contribution in [3.63, 3.8) is 0 Å². The molecule has 6 nitrogen and oxygen atoms in total. The summed E-state index contributed by atoms with van der Waals surface area (Å²) in [5.41, 5.74) is 3.37. The molecule has 144 valence electrons. The summed E-state index contributed by atoms with van der Waals surface area (Å²) < 4.78 is 10.6. The van der Waals surface area contributed by atoms with Gasteiger partial charge in [-0.15, -0.1) is 0 Å². The Kier molecular flexibility index (Phi) is 6.68. The van der Waals surface area contributed by atoms with Gasteiger partial charge in [0.25, 0.3) is 0 Å². The van der Waals surface area contributed by atoms with Crippen LogP contribution in [0.4, 0.5) is 10.5 Å². The summed E-state index contributed by atoms with van der Waals surface area (Å²) in [7, 11) is 3.72. The van der Waals surface area contributed by atoms with Gasteiger partial charge in [0, 0.05) is 26.2 Å². The highest BCUT2D eigenvalue weighted by Gasteiger charge is 2.23. The average molecular weight is 369 g/mol. The van der Waals surface area contributed by atoms with Crippen LogP contribution in [0.5, 0.6) is 5.75 Å². The number of hydrogen-bond donors (Lipinski definition) is 2. The van der Waals surface area contributed by atoms with Gasteiger partial charge in [0.1, 0.15) is 12.4 Å². The number of fused-ring (bicyclic) bond motifs is 1. The zero-order chi connectivity index (χ0) is 19.1. The lowest BCUT2D eigenvalue weighted by Gasteiger charge is -2.34. The molecule has 2 N–H and O–H groups in total. The molecule has 1 atom stereocenters. The second-order valence-electron chi connectivity index (χ2n) is 6.71. The van der Waals surface area contributed by atoms with E-state index in [0.717, 1.165) is 13.0 Å². The van der Waals surface area contributed by atoms with E-state index in [9.17, 15) is 4.79 Å². The monoisotopic (exact) mass is 369 g/mol. The Bertz CT molecular complexity index is 766. The van der Waals surface area contributed by atoms with Crippen molar-refractivity contribution in [2.45, 2.75) is 19.0 Å². The number of likely N-dealkylation sites (N-methyl/N-ethyl adjacent to an activating group) is 1. The van der Waals surface area contributed by atoms with E-state index < -0.39 is 0 Å². The number of para-hydroxylation sites is 2. The first kappa shape index (κ1) is 19.2. The van der Waals surface area contributed by atoms with Gasteiger partial charge in [-0.2, -0.15) is 0 Å². The number of methoxy groups -OCH3 is 1. The summed E-state index contributed by atoms with van der Waals surface area (Å²) in [6.07, 6.45) is 0.934. The van der Waals surface area contributed by atoms with E-state index >= 15 is 0 Å². The van der Waals surface area contributed by atoms with Gasteiger partial charge in [-0.25, -0.2) is 4.79 Å². The zero-order valence-electron chi connectivity index (χ0n) is 15.9. The Balaban J connectivity index is 1.53. The standard InChI is InChI=1S/C21H27N3O3/c1-24-15-17-8-4-3-7-16(17)13-18(24)14-22-21(25)23-19-9-5-6-10-20(19)27-12-11-26-2/h3-10,18H,11-15H2,1-2H3,(H2,22,23,25)/t18-/m0/s1. The third-order valence-electron chi connectivity index (χ3n) is 4.80. The summed E-state index contributed by atoms with van der Waals surface area (Å²) in [5, 5.41) is 5.86. The quantitative estimate of drug-likeness (QED) is 0.737. The number of rotatable bonds is 7.